The molecule has 156 valence electrons. The summed E-state index contributed by atoms with van der Waals surface area (Å²) in [4.78, 5) is 23.6. The van der Waals surface area contributed by atoms with Gasteiger partial charge in [0, 0.05) is 61.6 Å². The number of likely N-dealkylation sites (N-methyl/N-ethyl adjacent to an activating group) is 1. The maximum absolute atomic E-state index is 13.4. The number of aromatic amines is 1. The first-order chi connectivity index (χ1) is 14.4. The highest BCUT2D eigenvalue weighted by atomic mass is 35.5. The third-order valence-corrected chi connectivity index (χ3v) is 6.57. The van der Waals surface area contributed by atoms with Crippen molar-refractivity contribution >= 4 is 39.5 Å². The van der Waals surface area contributed by atoms with E-state index in [9.17, 15) is 4.79 Å². The van der Waals surface area contributed by atoms with Gasteiger partial charge in [-0.1, -0.05) is 17.7 Å². The van der Waals surface area contributed by atoms with Crippen LogP contribution in [0.5, 0.6) is 0 Å². The number of benzene rings is 1. The fourth-order valence-corrected chi connectivity index (χ4v) is 4.84. The van der Waals surface area contributed by atoms with Crippen LogP contribution < -0.4 is 15.8 Å². The fourth-order valence-electron chi connectivity index (χ4n) is 4.53. The highest BCUT2D eigenvalue weighted by Gasteiger charge is 2.31. The van der Waals surface area contributed by atoms with Crippen molar-refractivity contribution in [1.82, 2.24) is 29.6 Å². The zero-order chi connectivity index (χ0) is 21.2. The molecule has 1 saturated heterocycles. The Morgan fingerprint density at radius 2 is 2.07 bits per heavy atom. The number of rotatable bonds is 3. The smallest absolute Gasteiger partial charge is 0.264 e. The minimum absolute atomic E-state index is 0.0892. The van der Waals surface area contributed by atoms with Gasteiger partial charge in [-0.3, -0.25) is 14.0 Å². The monoisotopic (exact) mass is 425 g/mol. The van der Waals surface area contributed by atoms with Crippen molar-refractivity contribution in [2.75, 3.05) is 18.5 Å². The maximum atomic E-state index is 13.4. The van der Waals surface area contributed by atoms with Gasteiger partial charge in [-0.15, -0.1) is 0 Å². The van der Waals surface area contributed by atoms with Crippen molar-refractivity contribution in [3.8, 4) is 11.1 Å². The molecule has 0 radical (unpaired) electrons. The number of aromatic nitrogens is 5. The predicted molar refractivity (Wildman–Crippen MR) is 120 cm³/mol. The lowest BCUT2D eigenvalue weighted by Gasteiger charge is -2.24. The van der Waals surface area contributed by atoms with E-state index in [2.05, 4.69) is 27.2 Å². The molecule has 4 aromatic rings. The number of H-pyrrole nitrogens is 1. The molecule has 0 bridgehead atoms. The summed E-state index contributed by atoms with van der Waals surface area (Å²) in [6, 6.07) is 4.52. The Balaban J connectivity index is 1.67. The summed E-state index contributed by atoms with van der Waals surface area (Å²) < 4.78 is 3.38. The minimum atomic E-state index is -0.0892. The summed E-state index contributed by atoms with van der Waals surface area (Å²) in [6.45, 7) is 2.98. The lowest BCUT2D eigenvalue weighted by Crippen LogP contribution is -2.36. The second-order valence-corrected chi connectivity index (χ2v) is 8.47. The highest BCUT2D eigenvalue weighted by Crippen LogP contribution is 2.36. The van der Waals surface area contributed by atoms with Gasteiger partial charge in [-0.05, 0) is 26.5 Å². The van der Waals surface area contributed by atoms with E-state index in [1.807, 2.05) is 38.6 Å². The number of anilines is 1. The van der Waals surface area contributed by atoms with Crippen LogP contribution in [0.25, 0.3) is 33.1 Å². The first-order valence-electron chi connectivity index (χ1n) is 10.0. The van der Waals surface area contributed by atoms with Crippen LogP contribution in [0.15, 0.2) is 29.3 Å². The lowest BCUT2D eigenvalue weighted by molar-refractivity contribution is 0.595. The van der Waals surface area contributed by atoms with Crippen LogP contribution in [0.1, 0.15) is 13.3 Å². The van der Waals surface area contributed by atoms with Crippen molar-refractivity contribution in [2.24, 2.45) is 14.1 Å². The van der Waals surface area contributed by atoms with E-state index in [0.29, 0.717) is 34.1 Å². The normalized spacial score (nSPS) is 19.4. The average Bonchev–Trinajstić information content (AvgIpc) is 3.41. The molecule has 8 nitrogen and oxygen atoms in total. The van der Waals surface area contributed by atoms with Gasteiger partial charge < -0.3 is 15.2 Å². The van der Waals surface area contributed by atoms with Gasteiger partial charge in [0.2, 0.25) is 5.95 Å². The zero-order valence-corrected chi connectivity index (χ0v) is 18.2. The number of nitrogens with zero attached hydrogens (tertiary/aromatic N) is 5. The molecule has 3 aromatic heterocycles. The largest absolute Gasteiger partial charge is 0.345 e. The molecular formula is C21H24ClN7O. The summed E-state index contributed by atoms with van der Waals surface area (Å²) in [5, 5.41) is 9.71. The topological polar surface area (TPSA) is 83.8 Å². The summed E-state index contributed by atoms with van der Waals surface area (Å²) in [6.07, 6.45) is 4.72. The highest BCUT2D eigenvalue weighted by molar-refractivity contribution is 6.38. The molecule has 1 aromatic carbocycles. The first kappa shape index (κ1) is 19.1. The maximum Gasteiger partial charge on any atom is 0.264 e. The molecule has 4 heterocycles. The fraction of sp³-hybridized carbons (Fsp3) is 0.381. The number of aryl methyl sites for hydroxylation is 1. The average molecular weight is 426 g/mol. The van der Waals surface area contributed by atoms with E-state index < -0.39 is 0 Å². The van der Waals surface area contributed by atoms with Gasteiger partial charge in [0.1, 0.15) is 5.65 Å². The summed E-state index contributed by atoms with van der Waals surface area (Å²) in [5.74, 6) is 0.681. The van der Waals surface area contributed by atoms with Crippen LogP contribution in [0, 0.1) is 0 Å². The standard InChI is InChI=1S/C21H24ClN7O/c1-11-7-12(23-2)9-29(11)21-25-19-17(20(30)28(21)4)14(8-24-19)13-5-6-16-15(18(13)22)10-27(3)26-16/h5-6,8,10-12,23-24H,7,9H2,1-4H3/t11-,12+/m1/s1. The molecule has 2 atom stereocenters. The van der Waals surface area contributed by atoms with Crippen molar-refractivity contribution < 1.29 is 0 Å². The number of hydrogen-bond acceptors (Lipinski definition) is 5. The SMILES string of the molecule is CN[C@H]1C[C@@H](C)N(c2nc3[nH]cc(-c4ccc5nn(C)cc5c4Cl)c3c(=O)n2C)C1. The third-order valence-electron chi connectivity index (χ3n) is 6.16. The Bertz CT molecular complexity index is 1330. The summed E-state index contributed by atoms with van der Waals surface area (Å²) >= 11 is 6.71. The molecule has 0 spiro atoms. The van der Waals surface area contributed by atoms with Gasteiger partial charge in [-0.25, -0.2) is 0 Å². The molecule has 0 unspecified atom stereocenters. The molecule has 1 aliphatic heterocycles. The van der Waals surface area contributed by atoms with E-state index in [1.54, 1.807) is 16.3 Å². The molecule has 5 rings (SSSR count). The number of fused-ring (bicyclic) bond motifs is 2. The van der Waals surface area contributed by atoms with E-state index >= 15 is 0 Å². The van der Waals surface area contributed by atoms with Gasteiger partial charge in [0.25, 0.3) is 5.56 Å². The zero-order valence-electron chi connectivity index (χ0n) is 17.4. The molecule has 0 aliphatic carbocycles. The van der Waals surface area contributed by atoms with Gasteiger partial charge in [-0.2, -0.15) is 10.1 Å². The van der Waals surface area contributed by atoms with Crippen molar-refractivity contribution in [2.45, 2.75) is 25.4 Å². The Kier molecular flexibility index (Phi) is 4.37. The first-order valence-corrected chi connectivity index (χ1v) is 10.4. The van der Waals surface area contributed by atoms with E-state index in [0.717, 1.165) is 35.0 Å². The molecule has 1 fully saturated rings. The van der Waals surface area contributed by atoms with Crippen LogP contribution in [-0.2, 0) is 14.1 Å². The Hall–Kier alpha value is -2.84. The molecule has 1 aliphatic rings. The number of hydrogen-bond donors (Lipinski definition) is 2. The molecule has 9 heteroatoms. The summed E-state index contributed by atoms with van der Waals surface area (Å²) in [7, 11) is 5.61. The van der Waals surface area contributed by atoms with E-state index in [4.69, 9.17) is 16.6 Å². The molecule has 2 N–H and O–H groups in total. The van der Waals surface area contributed by atoms with Crippen molar-refractivity contribution in [3.63, 3.8) is 0 Å². The van der Waals surface area contributed by atoms with Crippen LogP contribution in [0.3, 0.4) is 0 Å². The number of halogens is 1. The van der Waals surface area contributed by atoms with Crippen LogP contribution in [0.4, 0.5) is 5.95 Å². The van der Waals surface area contributed by atoms with Gasteiger partial charge in [0.15, 0.2) is 0 Å². The van der Waals surface area contributed by atoms with Crippen LogP contribution >= 0.6 is 11.6 Å². The second kappa shape index (κ2) is 6.85. The van der Waals surface area contributed by atoms with Gasteiger partial charge in [0.05, 0.1) is 15.9 Å². The Morgan fingerprint density at radius 1 is 1.27 bits per heavy atom. The van der Waals surface area contributed by atoms with E-state index in [-0.39, 0.29) is 5.56 Å². The van der Waals surface area contributed by atoms with E-state index in [1.165, 1.54) is 0 Å². The van der Waals surface area contributed by atoms with Crippen LogP contribution in [-0.4, -0.2) is 50.0 Å². The molecular weight excluding hydrogens is 402 g/mol. The van der Waals surface area contributed by atoms with Gasteiger partial charge >= 0.3 is 0 Å². The lowest BCUT2D eigenvalue weighted by atomic mass is 10.0. The Labute approximate surface area is 178 Å². The number of nitrogens with one attached hydrogen (secondary N) is 2. The van der Waals surface area contributed by atoms with Crippen LogP contribution in [0.2, 0.25) is 5.02 Å². The molecule has 30 heavy (non-hydrogen) atoms. The summed E-state index contributed by atoms with van der Waals surface area (Å²) in [5.41, 5.74) is 2.85. The minimum Gasteiger partial charge on any atom is -0.345 e. The molecule has 0 saturated carbocycles. The second-order valence-electron chi connectivity index (χ2n) is 8.09. The Morgan fingerprint density at radius 3 is 2.80 bits per heavy atom. The van der Waals surface area contributed by atoms with Crippen molar-refractivity contribution in [1.29, 1.82) is 0 Å². The molecule has 0 amide bonds. The third kappa shape index (κ3) is 2.74. The van der Waals surface area contributed by atoms with Crippen molar-refractivity contribution in [3.05, 3.63) is 39.9 Å². The quantitative estimate of drug-likeness (QED) is 0.527. The predicted octanol–water partition coefficient (Wildman–Crippen LogP) is 2.66.